The van der Waals surface area contributed by atoms with E-state index < -0.39 is 0 Å². The van der Waals surface area contributed by atoms with Gasteiger partial charge in [0.15, 0.2) is 0 Å². The fourth-order valence-electron chi connectivity index (χ4n) is 13.0. The Bertz CT molecular complexity index is 3470. The molecule has 1 spiro atoms. The van der Waals surface area contributed by atoms with Gasteiger partial charge in [-0.2, -0.15) is 0 Å². The monoisotopic (exact) mass is 872 g/mol. The summed E-state index contributed by atoms with van der Waals surface area (Å²) < 4.78 is 0. The Balaban J connectivity index is 0.817. The lowest BCUT2D eigenvalue weighted by Gasteiger charge is -2.31. The molecule has 0 radical (unpaired) electrons. The van der Waals surface area contributed by atoms with E-state index in [1.54, 1.807) is 0 Å². The van der Waals surface area contributed by atoms with E-state index in [-0.39, 0.29) is 10.8 Å². The summed E-state index contributed by atoms with van der Waals surface area (Å²) >= 11 is 0. The highest BCUT2D eigenvalue weighted by Gasteiger charge is 2.47. The molecule has 0 aromatic heterocycles. The first-order valence-corrected chi connectivity index (χ1v) is 24.7. The van der Waals surface area contributed by atoms with Crippen LogP contribution in [-0.2, 0) is 49.4 Å². The molecule has 2 heteroatoms. The van der Waals surface area contributed by atoms with Crippen molar-refractivity contribution in [2.75, 3.05) is 9.80 Å². The number of benzene rings is 9. The quantitative estimate of drug-likeness (QED) is 0.163. The molecular formula is C66H52N2. The molecule has 0 saturated heterocycles. The smallest absolute Gasteiger partial charge is 0.0493 e. The Labute approximate surface area is 400 Å². The summed E-state index contributed by atoms with van der Waals surface area (Å²) in [6, 6.07) is 74.0. The minimum atomic E-state index is -0.158. The normalized spacial score (nSPS) is 16.1. The van der Waals surface area contributed by atoms with Crippen molar-refractivity contribution in [2.45, 2.75) is 63.2 Å². The van der Waals surface area contributed by atoms with Crippen LogP contribution in [-0.4, -0.2) is 0 Å². The molecule has 3 aliphatic carbocycles. The molecule has 14 rings (SSSR count). The average Bonchev–Trinajstić information content (AvgIpc) is 3.86. The second kappa shape index (κ2) is 14.9. The van der Waals surface area contributed by atoms with Crippen molar-refractivity contribution in [3.8, 4) is 22.3 Å². The minimum absolute atomic E-state index is 0.140. The maximum atomic E-state index is 2.55. The number of aryl methyl sites for hydroxylation is 4. The molecule has 326 valence electrons. The van der Waals surface area contributed by atoms with E-state index in [1.165, 1.54) is 123 Å². The topological polar surface area (TPSA) is 6.48 Å². The zero-order valence-electron chi connectivity index (χ0n) is 38.8. The van der Waals surface area contributed by atoms with Gasteiger partial charge in [-0.1, -0.05) is 172 Å². The van der Waals surface area contributed by atoms with Crippen molar-refractivity contribution < 1.29 is 0 Å². The van der Waals surface area contributed by atoms with Crippen molar-refractivity contribution in [1.29, 1.82) is 0 Å². The van der Waals surface area contributed by atoms with Gasteiger partial charge in [-0.25, -0.2) is 0 Å². The molecule has 2 nitrogen and oxygen atoms in total. The largest absolute Gasteiger partial charge is 0.310 e. The van der Waals surface area contributed by atoms with Crippen molar-refractivity contribution >= 4 is 46.3 Å². The van der Waals surface area contributed by atoms with E-state index in [2.05, 4.69) is 230 Å². The summed E-state index contributed by atoms with van der Waals surface area (Å²) in [6.45, 7) is 4.82. The maximum Gasteiger partial charge on any atom is 0.0493 e. The van der Waals surface area contributed by atoms with Crippen LogP contribution < -0.4 is 9.80 Å². The van der Waals surface area contributed by atoms with Gasteiger partial charge in [0.2, 0.25) is 0 Å². The molecule has 0 fully saturated rings. The molecule has 0 amide bonds. The molecule has 0 unspecified atom stereocenters. The predicted octanol–water partition coefficient (Wildman–Crippen LogP) is 16.4. The van der Waals surface area contributed by atoms with Crippen LogP contribution in [0.25, 0.3) is 34.4 Å². The number of fused-ring (bicyclic) bond motifs is 13. The third-order valence-electron chi connectivity index (χ3n) is 16.4. The van der Waals surface area contributed by atoms with Gasteiger partial charge in [-0.3, -0.25) is 0 Å². The van der Waals surface area contributed by atoms with Gasteiger partial charge in [0.25, 0.3) is 0 Å². The Morgan fingerprint density at radius 1 is 0.338 bits per heavy atom. The summed E-state index contributed by atoms with van der Waals surface area (Å²) in [7, 11) is 0. The third kappa shape index (κ3) is 5.89. The van der Waals surface area contributed by atoms with Crippen LogP contribution in [0.2, 0.25) is 0 Å². The van der Waals surface area contributed by atoms with E-state index in [9.17, 15) is 0 Å². The van der Waals surface area contributed by atoms with Gasteiger partial charge in [0, 0.05) is 45.0 Å². The molecule has 0 bridgehead atoms. The first-order valence-electron chi connectivity index (χ1n) is 24.7. The number of rotatable bonds is 4. The van der Waals surface area contributed by atoms with Gasteiger partial charge >= 0.3 is 0 Å². The van der Waals surface area contributed by atoms with E-state index in [0.29, 0.717) is 0 Å². The van der Waals surface area contributed by atoms with Crippen LogP contribution in [0.15, 0.2) is 194 Å². The zero-order chi connectivity index (χ0) is 45.1. The molecule has 5 aliphatic rings. The fraction of sp³-hybridized carbons (Fsp3) is 0.152. The second-order valence-electron chi connectivity index (χ2n) is 20.4. The number of anilines is 6. The van der Waals surface area contributed by atoms with Crippen molar-refractivity contribution in [3.05, 3.63) is 261 Å². The summed E-state index contributed by atoms with van der Waals surface area (Å²) in [5, 5.41) is 0. The molecule has 0 saturated carbocycles. The lowest BCUT2D eigenvalue weighted by molar-refractivity contribution is 0.563. The number of hydrogen-bond acceptors (Lipinski definition) is 2. The molecule has 9 aromatic carbocycles. The molecule has 2 heterocycles. The molecule has 0 atom stereocenters. The van der Waals surface area contributed by atoms with Gasteiger partial charge in [0.1, 0.15) is 0 Å². The van der Waals surface area contributed by atoms with E-state index in [0.717, 1.165) is 38.5 Å². The van der Waals surface area contributed by atoms with Gasteiger partial charge in [-0.15, -0.1) is 0 Å². The maximum absolute atomic E-state index is 2.55. The first-order chi connectivity index (χ1) is 33.4. The highest BCUT2D eigenvalue weighted by atomic mass is 15.2. The van der Waals surface area contributed by atoms with E-state index in [4.69, 9.17) is 0 Å². The summed E-state index contributed by atoms with van der Waals surface area (Å²) in [5.74, 6) is 0. The van der Waals surface area contributed by atoms with E-state index >= 15 is 0 Å². The Morgan fingerprint density at radius 2 is 0.662 bits per heavy atom. The molecule has 9 aromatic rings. The van der Waals surface area contributed by atoms with Gasteiger partial charge < -0.3 is 9.80 Å². The SMILES string of the molecule is CC1(C)c2cc(C=Cc3ccc4c(c3)C3(Cc5ccccc5C3)c3cc(N5c6ccccc6CCc6ccccc65)ccc3-4)ccc2-c2ccc(N3c4ccccc4CCc4ccccc43)cc21. The first kappa shape index (κ1) is 39.5. The standard InChI is InChI=1S/C66H52N2/c1-65(2)57-37-43(25-33-53(57)54-35-31-51(39-58(54)65)67-61-19-9-5-13-45(61)27-28-46-14-6-10-20-62(46)67)23-24-44-26-34-55-56-36-32-52(40-60(56)66(59(55)38-44)41-49-17-3-4-18-50(49)42-66)68-63-21-11-7-15-47(63)29-30-48-16-8-12-22-64(48)68/h3-26,31-40H,27-30,41-42H2,1-2H3. The average molecular weight is 873 g/mol. The van der Waals surface area contributed by atoms with Crippen LogP contribution in [0, 0.1) is 0 Å². The number of hydrogen-bond donors (Lipinski definition) is 0. The molecule has 0 N–H and O–H groups in total. The van der Waals surface area contributed by atoms with E-state index in [1.807, 2.05) is 0 Å². The third-order valence-corrected chi connectivity index (χ3v) is 16.4. The second-order valence-corrected chi connectivity index (χ2v) is 20.4. The minimum Gasteiger partial charge on any atom is -0.310 e. The summed E-state index contributed by atoms with van der Waals surface area (Å²) in [5.41, 5.74) is 29.4. The fourth-order valence-corrected chi connectivity index (χ4v) is 13.0. The van der Waals surface area contributed by atoms with Crippen LogP contribution in [0.1, 0.15) is 80.6 Å². The number of para-hydroxylation sites is 4. The Morgan fingerprint density at radius 3 is 1.10 bits per heavy atom. The highest BCUT2D eigenvalue weighted by molar-refractivity contribution is 5.91. The van der Waals surface area contributed by atoms with Crippen molar-refractivity contribution in [3.63, 3.8) is 0 Å². The Hall–Kier alpha value is -7.68. The lowest BCUT2D eigenvalue weighted by atomic mass is 9.75. The van der Waals surface area contributed by atoms with Gasteiger partial charge in [-0.05, 0) is 176 Å². The molecule has 68 heavy (non-hydrogen) atoms. The van der Waals surface area contributed by atoms with Gasteiger partial charge in [0.05, 0.1) is 0 Å². The number of nitrogens with zero attached hydrogens (tertiary/aromatic N) is 2. The lowest BCUT2D eigenvalue weighted by Crippen LogP contribution is -2.26. The van der Waals surface area contributed by atoms with Crippen LogP contribution in [0.5, 0.6) is 0 Å². The summed E-state index contributed by atoms with van der Waals surface area (Å²) in [4.78, 5) is 5.04. The van der Waals surface area contributed by atoms with Crippen molar-refractivity contribution in [2.24, 2.45) is 0 Å². The predicted molar refractivity (Wildman–Crippen MR) is 284 cm³/mol. The molecule has 2 aliphatic heterocycles. The van der Waals surface area contributed by atoms with Crippen LogP contribution in [0.3, 0.4) is 0 Å². The zero-order valence-corrected chi connectivity index (χ0v) is 38.8. The van der Waals surface area contributed by atoms with Crippen LogP contribution >= 0.6 is 0 Å². The van der Waals surface area contributed by atoms with Crippen molar-refractivity contribution in [1.82, 2.24) is 0 Å². The molecular weight excluding hydrogens is 821 g/mol. The van der Waals surface area contributed by atoms with Crippen LogP contribution in [0.4, 0.5) is 34.1 Å². The summed E-state index contributed by atoms with van der Waals surface area (Å²) in [6.07, 6.45) is 10.9. The Kier molecular flexibility index (Phi) is 8.66. The highest BCUT2D eigenvalue weighted by Crippen LogP contribution is 2.58.